The van der Waals surface area contributed by atoms with Crippen molar-refractivity contribution < 1.29 is 4.39 Å². The summed E-state index contributed by atoms with van der Waals surface area (Å²) < 4.78 is 16.4. The number of aryl methyl sites for hydroxylation is 1. The van der Waals surface area contributed by atoms with Gasteiger partial charge in [0.1, 0.15) is 11.5 Å². The zero-order chi connectivity index (χ0) is 11.1. The van der Waals surface area contributed by atoms with Crippen molar-refractivity contribution in [1.82, 2.24) is 9.78 Å². The number of halogens is 2. The first-order chi connectivity index (χ1) is 7.75. The maximum atomic E-state index is 13.2. The number of rotatable bonds is 1. The first kappa shape index (κ1) is 10.3. The van der Waals surface area contributed by atoms with Gasteiger partial charge in [0, 0.05) is 12.1 Å². The van der Waals surface area contributed by atoms with E-state index in [9.17, 15) is 4.39 Å². The minimum atomic E-state index is -0.207. The largest absolute Gasteiger partial charge is 0.268 e. The van der Waals surface area contributed by atoms with E-state index in [-0.39, 0.29) is 5.82 Å². The Labute approximate surface area is 107 Å². The zero-order valence-electron chi connectivity index (χ0n) is 8.58. The second-order valence-corrected chi connectivity index (χ2v) is 5.03. The molecule has 0 saturated carbocycles. The lowest BCUT2D eigenvalue weighted by atomic mass is 10.1. The van der Waals surface area contributed by atoms with Gasteiger partial charge in [-0.1, -0.05) is 12.1 Å². The minimum Gasteiger partial charge on any atom is -0.268 e. The van der Waals surface area contributed by atoms with E-state index in [2.05, 4.69) is 27.7 Å². The molecule has 0 amide bonds. The third kappa shape index (κ3) is 1.55. The third-order valence-corrected chi connectivity index (χ3v) is 4.01. The summed E-state index contributed by atoms with van der Waals surface area (Å²) in [5.74, 6) is -0.207. The quantitative estimate of drug-likeness (QED) is 0.735. The van der Waals surface area contributed by atoms with Gasteiger partial charge in [0.15, 0.2) is 0 Å². The highest BCUT2D eigenvalue weighted by molar-refractivity contribution is 14.1. The Morgan fingerprint density at radius 2 is 2.25 bits per heavy atom. The highest BCUT2D eigenvalue weighted by atomic mass is 127. The van der Waals surface area contributed by atoms with Crippen LogP contribution in [0.2, 0.25) is 0 Å². The van der Waals surface area contributed by atoms with Gasteiger partial charge in [-0.2, -0.15) is 5.10 Å². The average Bonchev–Trinajstić information content (AvgIpc) is 2.82. The van der Waals surface area contributed by atoms with Gasteiger partial charge < -0.3 is 0 Å². The van der Waals surface area contributed by atoms with E-state index in [1.165, 1.54) is 21.8 Å². The molecule has 0 spiro atoms. The molecule has 3 rings (SSSR count). The summed E-state index contributed by atoms with van der Waals surface area (Å²) in [7, 11) is 0. The molecular formula is C12H10FIN2. The number of hydrogen-bond acceptors (Lipinski definition) is 1. The Morgan fingerprint density at radius 3 is 3.00 bits per heavy atom. The molecule has 0 unspecified atom stereocenters. The molecule has 1 aliphatic rings. The molecular weight excluding hydrogens is 318 g/mol. The van der Waals surface area contributed by atoms with Crippen molar-refractivity contribution in [3.05, 3.63) is 39.3 Å². The molecule has 0 fully saturated rings. The van der Waals surface area contributed by atoms with Crippen LogP contribution in [0.15, 0.2) is 24.3 Å². The maximum Gasteiger partial charge on any atom is 0.123 e. The lowest BCUT2D eigenvalue weighted by Gasteiger charge is -1.98. The smallest absolute Gasteiger partial charge is 0.123 e. The third-order valence-electron chi connectivity index (χ3n) is 2.88. The summed E-state index contributed by atoms with van der Waals surface area (Å²) in [6, 6.07) is 6.63. The topological polar surface area (TPSA) is 17.8 Å². The van der Waals surface area contributed by atoms with Gasteiger partial charge in [-0.25, -0.2) is 4.39 Å². The van der Waals surface area contributed by atoms with Gasteiger partial charge >= 0.3 is 0 Å². The van der Waals surface area contributed by atoms with E-state index in [0.29, 0.717) is 0 Å². The van der Waals surface area contributed by atoms with Crippen molar-refractivity contribution in [3.8, 4) is 11.3 Å². The van der Waals surface area contributed by atoms with Crippen LogP contribution in [0.5, 0.6) is 0 Å². The molecule has 2 nitrogen and oxygen atoms in total. The second kappa shape index (κ2) is 3.84. The van der Waals surface area contributed by atoms with Crippen molar-refractivity contribution in [2.24, 2.45) is 0 Å². The highest BCUT2D eigenvalue weighted by Gasteiger charge is 2.20. The Morgan fingerprint density at radius 1 is 1.38 bits per heavy atom. The molecule has 1 aliphatic heterocycles. The molecule has 4 heteroatoms. The normalized spacial score (nSPS) is 14.1. The molecule has 0 atom stereocenters. The summed E-state index contributed by atoms with van der Waals surface area (Å²) >= 11 is 2.31. The van der Waals surface area contributed by atoms with Crippen molar-refractivity contribution in [2.45, 2.75) is 19.4 Å². The SMILES string of the molecule is Fc1cccc(-c2nn3c(c2I)CCC3)c1. The van der Waals surface area contributed by atoms with E-state index in [1.807, 2.05) is 10.7 Å². The van der Waals surface area contributed by atoms with E-state index in [4.69, 9.17) is 0 Å². The summed E-state index contributed by atoms with van der Waals surface area (Å²) in [4.78, 5) is 0. The van der Waals surface area contributed by atoms with Gasteiger partial charge in [0.05, 0.1) is 9.26 Å². The molecule has 16 heavy (non-hydrogen) atoms. The molecule has 2 aromatic rings. The van der Waals surface area contributed by atoms with Crippen LogP contribution in [0.25, 0.3) is 11.3 Å². The lowest BCUT2D eigenvalue weighted by molar-refractivity contribution is 0.627. The Kier molecular flexibility index (Phi) is 2.46. The molecule has 2 heterocycles. The number of nitrogens with zero attached hydrogens (tertiary/aromatic N) is 2. The fraction of sp³-hybridized carbons (Fsp3) is 0.250. The Hall–Kier alpha value is -0.910. The van der Waals surface area contributed by atoms with Crippen LogP contribution in [0.3, 0.4) is 0 Å². The van der Waals surface area contributed by atoms with Crippen LogP contribution in [-0.4, -0.2) is 9.78 Å². The fourth-order valence-corrected chi connectivity index (χ4v) is 3.08. The molecule has 1 aromatic carbocycles. The van der Waals surface area contributed by atoms with Gasteiger partial charge in [-0.15, -0.1) is 0 Å². The number of benzene rings is 1. The predicted octanol–water partition coefficient (Wildman–Crippen LogP) is 3.24. The van der Waals surface area contributed by atoms with E-state index < -0.39 is 0 Å². The van der Waals surface area contributed by atoms with Gasteiger partial charge in [-0.05, 0) is 47.6 Å². The molecule has 0 N–H and O–H groups in total. The van der Waals surface area contributed by atoms with Crippen LogP contribution < -0.4 is 0 Å². The molecule has 0 aliphatic carbocycles. The Bertz CT molecular complexity index is 548. The van der Waals surface area contributed by atoms with Crippen molar-refractivity contribution >= 4 is 22.6 Å². The van der Waals surface area contributed by atoms with E-state index in [0.717, 1.165) is 24.2 Å². The minimum absolute atomic E-state index is 0.207. The molecule has 0 saturated heterocycles. The number of aromatic nitrogens is 2. The second-order valence-electron chi connectivity index (χ2n) is 3.95. The lowest BCUT2D eigenvalue weighted by Crippen LogP contribution is -1.94. The summed E-state index contributed by atoms with van der Waals surface area (Å²) in [6.45, 7) is 0.987. The number of fused-ring (bicyclic) bond motifs is 1. The summed E-state index contributed by atoms with van der Waals surface area (Å²) in [6.07, 6.45) is 2.25. The van der Waals surface area contributed by atoms with Gasteiger partial charge in [0.2, 0.25) is 0 Å². The average molecular weight is 328 g/mol. The van der Waals surface area contributed by atoms with Crippen molar-refractivity contribution in [2.75, 3.05) is 0 Å². The summed E-state index contributed by atoms with van der Waals surface area (Å²) in [5, 5.41) is 4.54. The standard InChI is InChI=1S/C12H10FIN2/c13-9-4-1-3-8(7-9)12-11(14)10-5-2-6-16(10)15-12/h1,3-4,7H,2,5-6H2. The Balaban J connectivity index is 2.14. The first-order valence-corrected chi connectivity index (χ1v) is 6.35. The van der Waals surface area contributed by atoms with Crippen LogP contribution in [0, 0.1) is 9.39 Å². The van der Waals surface area contributed by atoms with Crippen molar-refractivity contribution in [3.63, 3.8) is 0 Å². The molecule has 0 radical (unpaired) electrons. The maximum absolute atomic E-state index is 13.2. The van der Waals surface area contributed by atoms with Crippen molar-refractivity contribution in [1.29, 1.82) is 0 Å². The van der Waals surface area contributed by atoms with E-state index in [1.54, 1.807) is 12.1 Å². The molecule has 82 valence electrons. The van der Waals surface area contributed by atoms with Gasteiger partial charge in [-0.3, -0.25) is 4.68 Å². The number of hydrogen-bond donors (Lipinski definition) is 0. The van der Waals surface area contributed by atoms with Crippen LogP contribution >= 0.6 is 22.6 Å². The van der Waals surface area contributed by atoms with Gasteiger partial charge in [0.25, 0.3) is 0 Å². The fourth-order valence-electron chi connectivity index (χ4n) is 2.12. The van der Waals surface area contributed by atoms with Crippen LogP contribution in [-0.2, 0) is 13.0 Å². The first-order valence-electron chi connectivity index (χ1n) is 5.27. The zero-order valence-corrected chi connectivity index (χ0v) is 10.7. The predicted molar refractivity (Wildman–Crippen MR) is 68.7 cm³/mol. The molecule has 1 aromatic heterocycles. The van der Waals surface area contributed by atoms with Crippen LogP contribution in [0.4, 0.5) is 4.39 Å². The highest BCUT2D eigenvalue weighted by Crippen LogP contribution is 2.30. The van der Waals surface area contributed by atoms with E-state index >= 15 is 0 Å². The molecule has 0 bridgehead atoms. The monoisotopic (exact) mass is 328 g/mol. The van der Waals surface area contributed by atoms with Crippen LogP contribution in [0.1, 0.15) is 12.1 Å². The summed E-state index contributed by atoms with van der Waals surface area (Å²) in [5.41, 5.74) is 3.07.